The highest BCUT2D eigenvalue weighted by molar-refractivity contribution is 7.79. The van der Waals surface area contributed by atoms with Crippen LogP contribution in [0.5, 0.6) is 5.75 Å². The summed E-state index contributed by atoms with van der Waals surface area (Å²) in [6.45, 7) is 12.5. The maximum atomic E-state index is 10.5. The van der Waals surface area contributed by atoms with Crippen LogP contribution in [-0.2, 0) is 4.74 Å². The van der Waals surface area contributed by atoms with E-state index in [4.69, 9.17) is 21.7 Å². The second kappa shape index (κ2) is 12.9. The molecule has 1 aromatic carbocycles. The summed E-state index contributed by atoms with van der Waals surface area (Å²) in [6, 6.07) is 9.48. The lowest BCUT2D eigenvalue weighted by atomic mass is 9.60. The van der Waals surface area contributed by atoms with Crippen molar-refractivity contribution in [1.82, 2.24) is 0 Å². The van der Waals surface area contributed by atoms with Crippen molar-refractivity contribution in [2.75, 3.05) is 0 Å². The average molecular weight is 569 g/mol. The molecule has 40 heavy (non-hydrogen) atoms. The van der Waals surface area contributed by atoms with Crippen LogP contribution in [0.3, 0.4) is 0 Å². The number of thiocarbonyl (C=S) groups is 1. The van der Waals surface area contributed by atoms with E-state index < -0.39 is 17.8 Å². The predicted octanol–water partition coefficient (Wildman–Crippen LogP) is 7.06. The van der Waals surface area contributed by atoms with E-state index >= 15 is 0 Å². The van der Waals surface area contributed by atoms with E-state index in [1.54, 1.807) is 0 Å². The summed E-state index contributed by atoms with van der Waals surface area (Å²) >= 11 is 5.53. The number of hydrogen-bond donors (Lipinski definition) is 3. The maximum absolute atomic E-state index is 10.5. The van der Waals surface area contributed by atoms with Gasteiger partial charge in [-0.2, -0.15) is 0 Å². The van der Waals surface area contributed by atoms with Crippen molar-refractivity contribution in [3.63, 3.8) is 0 Å². The predicted molar refractivity (Wildman–Crippen MR) is 164 cm³/mol. The van der Waals surface area contributed by atoms with Gasteiger partial charge in [-0.1, -0.05) is 56.4 Å². The molecule has 3 saturated carbocycles. The molecule has 6 heteroatoms. The Morgan fingerprint density at radius 1 is 1.20 bits per heavy atom. The van der Waals surface area contributed by atoms with Crippen molar-refractivity contribution in [2.45, 2.75) is 109 Å². The fourth-order valence-corrected chi connectivity index (χ4v) is 7.74. The lowest BCUT2D eigenvalue weighted by Crippen LogP contribution is -2.41. The summed E-state index contributed by atoms with van der Waals surface area (Å²) in [7, 11) is 0. The van der Waals surface area contributed by atoms with Crippen LogP contribution in [0.4, 0.5) is 0 Å². The number of hydrogen-bond acceptors (Lipinski definition) is 6. The van der Waals surface area contributed by atoms with Gasteiger partial charge in [0.05, 0.1) is 17.8 Å². The topological polar surface area (TPSA) is 79.2 Å². The molecule has 0 radical (unpaired) electrons. The van der Waals surface area contributed by atoms with Gasteiger partial charge in [0.2, 0.25) is 0 Å². The second-order valence-electron chi connectivity index (χ2n) is 13.2. The van der Waals surface area contributed by atoms with Crippen molar-refractivity contribution in [1.29, 1.82) is 0 Å². The van der Waals surface area contributed by atoms with Crippen LogP contribution in [0.1, 0.15) is 85.5 Å². The number of aliphatic hydroxyl groups is 3. The number of para-hydroxylation sites is 1. The zero-order valence-corrected chi connectivity index (χ0v) is 25.5. The molecule has 0 bridgehead atoms. The van der Waals surface area contributed by atoms with Crippen LogP contribution < -0.4 is 4.74 Å². The highest BCUT2D eigenvalue weighted by Gasteiger charge is 2.52. The van der Waals surface area contributed by atoms with Gasteiger partial charge in [-0.25, -0.2) is 0 Å². The van der Waals surface area contributed by atoms with Crippen LogP contribution in [0, 0.1) is 23.2 Å². The third-order valence-electron chi connectivity index (χ3n) is 9.76. The first kappa shape index (κ1) is 31.0. The highest BCUT2D eigenvalue weighted by atomic mass is 32.1. The van der Waals surface area contributed by atoms with Gasteiger partial charge in [0, 0.05) is 18.6 Å². The molecule has 0 aromatic heterocycles. The van der Waals surface area contributed by atoms with Gasteiger partial charge < -0.3 is 24.8 Å². The first-order chi connectivity index (χ1) is 18.9. The Morgan fingerprint density at radius 2 is 1.93 bits per heavy atom. The number of aliphatic hydroxyl groups excluding tert-OH is 2. The molecule has 0 aliphatic heterocycles. The molecular weight excluding hydrogens is 520 g/mol. The van der Waals surface area contributed by atoms with Gasteiger partial charge in [0.15, 0.2) is 0 Å². The van der Waals surface area contributed by atoms with E-state index in [9.17, 15) is 15.3 Å². The number of rotatable bonds is 8. The molecule has 0 spiro atoms. The molecule has 3 N–H and O–H groups in total. The lowest BCUT2D eigenvalue weighted by molar-refractivity contribution is -0.00254. The molecule has 4 rings (SSSR count). The van der Waals surface area contributed by atoms with E-state index in [1.807, 2.05) is 44.2 Å². The number of ether oxygens (including phenoxy) is 2. The summed E-state index contributed by atoms with van der Waals surface area (Å²) < 4.78 is 12.2. The van der Waals surface area contributed by atoms with Crippen molar-refractivity contribution >= 4 is 17.5 Å². The van der Waals surface area contributed by atoms with Gasteiger partial charge in [-0.3, -0.25) is 0 Å². The number of fused-ring (bicyclic) bond motifs is 1. The largest absolute Gasteiger partial charge is 0.453 e. The highest BCUT2D eigenvalue weighted by Crippen LogP contribution is 2.60. The smallest absolute Gasteiger partial charge is 0.358 e. The van der Waals surface area contributed by atoms with Crippen LogP contribution in [0.15, 0.2) is 65.8 Å². The monoisotopic (exact) mass is 568 g/mol. The van der Waals surface area contributed by atoms with E-state index in [-0.39, 0.29) is 22.7 Å². The molecule has 3 aliphatic rings. The fourth-order valence-electron chi connectivity index (χ4n) is 7.52. The average Bonchev–Trinajstić information content (AvgIpc) is 3.25. The van der Waals surface area contributed by atoms with E-state index in [1.165, 1.54) is 12.0 Å². The van der Waals surface area contributed by atoms with Crippen LogP contribution in [-0.4, -0.2) is 44.5 Å². The van der Waals surface area contributed by atoms with Gasteiger partial charge in [0.1, 0.15) is 11.9 Å². The second-order valence-corrected chi connectivity index (χ2v) is 13.5. The molecular formula is C34H48O5S. The summed E-state index contributed by atoms with van der Waals surface area (Å²) in [4.78, 5) is 0. The fraction of sp³-hybridized carbons (Fsp3) is 0.618. The molecule has 1 unspecified atom stereocenters. The summed E-state index contributed by atoms with van der Waals surface area (Å²) in [5, 5.41) is 31.1. The minimum absolute atomic E-state index is 0.131. The molecule has 1 aromatic rings. The lowest BCUT2D eigenvalue weighted by Gasteiger charge is -2.45. The molecule has 3 fully saturated rings. The van der Waals surface area contributed by atoms with Crippen molar-refractivity contribution in [2.24, 2.45) is 23.2 Å². The first-order valence-electron chi connectivity index (χ1n) is 15.0. The maximum Gasteiger partial charge on any atom is 0.358 e. The number of benzene rings is 1. The van der Waals surface area contributed by atoms with E-state index in [0.717, 1.165) is 36.8 Å². The van der Waals surface area contributed by atoms with E-state index in [2.05, 4.69) is 32.6 Å². The summed E-state index contributed by atoms with van der Waals surface area (Å²) in [5.74, 6) is 1.83. The zero-order valence-electron chi connectivity index (χ0n) is 24.6. The van der Waals surface area contributed by atoms with Crippen molar-refractivity contribution in [3.05, 3.63) is 65.8 Å². The molecule has 7 atom stereocenters. The Kier molecular flexibility index (Phi) is 9.98. The third-order valence-corrected chi connectivity index (χ3v) is 9.94. The Bertz CT molecular complexity index is 1100. The van der Waals surface area contributed by atoms with Gasteiger partial charge in [-0.05, 0) is 112 Å². The van der Waals surface area contributed by atoms with Crippen molar-refractivity contribution in [3.8, 4) is 5.75 Å². The number of allylic oxidation sites excluding steroid dienone is 3. The zero-order chi connectivity index (χ0) is 29.1. The molecule has 5 nitrogen and oxygen atoms in total. The minimum Gasteiger partial charge on any atom is -0.453 e. The van der Waals surface area contributed by atoms with Crippen LogP contribution in [0.25, 0.3) is 0 Å². The van der Waals surface area contributed by atoms with Gasteiger partial charge in [-0.15, -0.1) is 0 Å². The minimum atomic E-state index is -0.788. The Morgan fingerprint density at radius 3 is 2.62 bits per heavy atom. The Hall–Kier alpha value is -1.99. The molecule has 0 saturated heterocycles. The molecule has 3 aliphatic carbocycles. The SMILES string of the molecule is C=C1/C(=C\C=C2/CCC[C@]3(C)[C@@H]([C@@H](C)C(CCC(C)(C)O)OC(=S)Oc4ccccc4)CC[C@@H]23)C[C@@H](O)C[C@@H]1O. The standard InChI is InChI=1S/C34H48O5S/c1-22-25(20-26(35)21-30(22)36)14-13-24-10-9-18-34(5)28(15-16-29(24)34)23(2)31(17-19-33(3,4)37)39-32(40)38-27-11-7-6-8-12-27/h6-8,11-14,23,26,28-31,35-37H,1,9-10,15-21H2,2-5H3/b24-13+,25-14-/t23-,26-,28-,29+,30+,31?,34-/m1/s1. The summed E-state index contributed by atoms with van der Waals surface area (Å²) in [6.07, 6.45) is 10.9. The van der Waals surface area contributed by atoms with Crippen molar-refractivity contribution < 1.29 is 24.8 Å². The van der Waals surface area contributed by atoms with Crippen LogP contribution >= 0.6 is 12.2 Å². The van der Waals surface area contributed by atoms with E-state index in [0.29, 0.717) is 43.3 Å². The van der Waals surface area contributed by atoms with Crippen LogP contribution in [0.2, 0.25) is 0 Å². The normalized spacial score (nSPS) is 32.5. The first-order valence-corrected chi connectivity index (χ1v) is 15.4. The van der Waals surface area contributed by atoms with Gasteiger partial charge in [0.25, 0.3) is 0 Å². The summed E-state index contributed by atoms with van der Waals surface area (Å²) in [5.41, 5.74) is 2.52. The Balaban J connectivity index is 1.51. The van der Waals surface area contributed by atoms with Gasteiger partial charge >= 0.3 is 5.24 Å². The molecule has 220 valence electrons. The Labute approximate surface area is 246 Å². The quantitative estimate of drug-likeness (QED) is 0.291. The third kappa shape index (κ3) is 7.44. The molecule has 0 heterocycles. The molecule has 0 amide bonds.